The normalized spacial score (nSPS) is 14.8. The number of nitrogens with two attached hydrogens (primary N) is 1. The van der Waals surface area contributed by atoms with E-state index >= 15 is 0 Å². The number of esters is 1. The molecule has 7 heteroatoms. The number of hydrogen-bond donors (Lipinski definition) is 1. The summed E-state index contributed by atoms with van der Waals surface area (Å²) in [5.74, 6) is -0.00856. The van der Waals surface area contributed by atoms with Crippen molar-refractivity contribution >= 4 is 36.6 Å². The van der Waals surface area contributed by atoms with E-state index in [1.54, 1.807) is 13.0 Å². The van der Waals surface area contributed by atoms with Gasteiger partial charge in [0.15, 0.2) is 0 Å². The molecule has 2 N–H and O–H groups in total. The number of nitrogens with zero attached hydrogens (tertiary/aromatic N) is 1. The number of Topliss-reactive ketones (excluding diaryl/α,β-unsaturated/α-hetero) is 1. The molecule has 0 atom stereocenters. The second kappa shape index (κ2) is 13.1. The SMILES string of the molecule is CCOC(=O)c1cccc(CCCC(=O)CN2CCC(N)CC2)c1.Cl.Cl. The van der Waals surface area contributed by atoms with E-state index in [0.29, 0.717) is 31.2 Å². The number of ether oxygens (including phenoxy) is 1. The Morgan fingerprint density at radius 3 is 2.58 bits per heavy atom. The molecule has 0 spiro atoms. The van der Waals surface area contributed by atoms with Crippen LogP contribution in [0.15, 0.2) is 24.3 Å². The number of piperidine rings is 1. The maximum Gasteiger partial charge on any atom is 0.338 e. The molecule has 148 valence electrons. The molecule has 0 amide bonds. The van der Waals surface area contributed by atoms with Gasteiger partial charge in [0.2, 0.25) is 0 Å². The summed E-state index contributed by atoms with van der Waals surface area (Å²) in [6, 6.07) is 7.75. The van der Waals surface area contributed by atoms with Gasteiger partial charge in [0.25, 0.3) is 0 Å². The number of halogens is 2. The summed E-state index contributed by atoms with van der Waals surface area (Å²) in [6.07, 6.45) is 4.14. The lowest BCUT2D eigenvalue weighted by molar-refractivity contribution is -0.120. The number of rotatable bonds is 8. The van der Waals surface area contributed by atoms with E-state index in [1.165, 1.54) is 0 Å². The summed E-state index contributed by atoms with van der Waals surface area (Å²) >= 11 is 0. The Hall–Kier alpha value is -1.14. The number of aryl methyl sites for hydroxylation is 1. The van der Waals surface area contributed by atoms with Gasteiger partial charge in [-0.1, -0.05) is 12.1 Å². The molecular weight excluding hydrogens is 375 g/mol. The molecule has 26 heavy (non-hydrogen) atoms. The smallest absolute Gasteiger partial charge is 0.338 e. The van der Waals surface area contributed by atoms with Crippen LogP contribution in [-0.2, 0) is 16.0 Å². The molecule has 1 aromatic carbocycles. The van der Waals surface area contributed by atoms with Gasteiger partial charge in [-0.15, -0.1) is 24.8 Å². The lowest BCUT2D eigenvalue weighted by Gasteiger charge is -2.29. The highest BCUT2D eigenvalue weighted by molar-refractivity contribution is 5.89. The van der Waals surface area contributed by atoms with Crippen molar-refractivity contribution < 1.29 is 14.3 Å². The van der Waals surface area contributed by atoms with Gasteiger partial charge in [0, 0.05) is 25.6 Å². The van der Waals surface area contributed by atoms with Crippen LogP contribution in [0.1, 0.15) is 48.5 Å². The Morgan fingerprint density at radius 1 is 1.23 bits per heavy atom. The number of carbonyl (C=O) groups is 2. The maximum atomic E-state index is 12.1. The summed E-state index contributed by atoms with van der Waals surface area (Å²) in [5, 5.41) is 0. The Bertz CT molecular complexity index is 561. The molecule has 0 aliphatic carbocycles. The zero-order valence-corrected chi connectivity index (χ0v) is 16.9. The zero-order valence-electron chi connectivity index (χ0n) is 15.3. The first-order valence-electron chi connectivity index (χ1n) is 8.84. The third-order valence-corrected chi connectivity index (χ3v) is 4.39. The summed E-state index contributed by atoms with van der Waals surface area (Å²) in [5.41, 5.74) is 7.52. The van der Waals surface area contributed by atoms with Gasteiger partial charge >= 0.3 is 5.97 Å². The van der Waals surface area contributed by atoms with Crippen LogP contribution in [0.2, 0.25) is 0 Å². The fourth-order valence-corrected chi connectivity index (χ4v) is 3.00. The first kappa shape index (κ1) is 24.9. The summed E-state index contributed by atoms with van der Waals surface area (Å²) in [6.45, 7) is 4.56. The molecule has 0 saturated carbocycles. The Labute approximate surface area is 168 Å². The maximum absolute atomic E-state index is 12.1. The molecule has 0 bridgehead atoms. The third kappa shape index (κ3) is 8.49. The highest BCUT2D eigenvalue weighted by Gasteiger charge is 2.17. The molecule has 0 radical (unpaired) electrons. The van der Waals surface area contributed by atoms with Crippen LogP contribution in [0.25, 0.3) is 0 Å². The van der Waals surface area contributed by atoms with E-state index in [4.69, 9.17) is 10.5 Å². The van der Waals surface area contributed by atoms with Gasteiger partial charge in [-0.05, 0) is 50.3 Å². The van der Waals surface area contributed by atoms with Crippen molar-refractivity contribution in [2.24, 2.45) is 5.73 Å². The van der Waals surface area contributed by atoms with Crippen LogP contribution in [0, 0.1) is 0 Å². The molecule has 1 fully saturated rings. The molecule has 5 nitrogen and oxygen atoms in total. The predicted molar refractivity (Wildman–Crippen MR) is 108 cm³/mol. The van der Waals surface area contributed by atoms with Crippen LogP contribution in [-0.4, -0.2) is 48.9 Å². The second-order valence-corrected chi connectivity index (χ2v) is 6.43. The van der Waals surface area contributed by atoms with E-state index < -0.39 is 0 Å². The molecule has 0 unspecified atom stereocenters. The number of carbonyl (C=O) groups excluding carboxylic acids is 2. The van der Waals surface area contributed by atoms with Crippen molar-refractivity contribution in [2.45, 2.75) is 45.1 Å². The Morgan fingerprint density at radius 2 is 1.92 bits per heavy atom. The van der Waals surface area contributed by atoms with Gasteiger partial charge in [0.05, 0.1) is 18.7 Å². The van der Waals surface area contributed by atoms with Crippen molar-refractivity contribution in [1.82, 2.24) is 4.90 Å². The average Bonchev–Trinajstić information content (AvgIpc) is 2.57. The van der Waals surface area contributed by atoms with Gasteiger partial charge < -0.3 is 10.5 Å². The predicted octanol–water partition coefficient (Wildman–Crippen LogP) is 3.02. The number of hydrogen-bond acceptors (Lipinski definition) is 5. The van der Waals surface area contributed by atoms with E-state index in [1.807, 2.05) is 18.2 Å². The molecule has 0 aromatic heterocycles. The van der Waals surface area contributed by atoms with E-state index in [9.17, 15) is 9.59 Å². The van der Waals surface area contributed by atoms with Gasteiger partial charge in [-0.2, -0.15) is 0 Å². The van der Waals surface area contributed by atoms with Gasteiger partial charge in [-0.25, -0.2) is 4.79 Å². The first-order chi connectivity index (χ1) is 11.6. The minimum atomic E-state index is -0.293. The van der Waals surface area contributed by atoms with Crippen molar-refractivity contribution in [3.05, 3.63) is 35.4 Å². The second-order valence-electron chi connectivity index (χ2n) is 6.43. The van der Waals surface area contributed by atoms with E-state index in [2.05, 4.69) is 4.90 Å². The molecular formula is C19H30Cl2N2O3. The van der Waals surface area contributed by atoms with E-state index in [0.717, 1.165) is 44.3 Å². The molecule has 1 aliphatic heterocycles. The number of ketones is 1. The van der Waals surface area contributed by atoms with E-state index in [-0.39, 0.29) is 36.6 Å². The molecule has 1 heterocycles. The Kier molecular flexibility index (Phi) is 12.5. The summed E-state index contributed by atoms with van der Waals surface area (Å²) in [7, 11) is 0. The average molecular weight is 405 g/mol. The van der Waals surface area contributed by atoms with Crippen molar-refractivity contribution in [1.29, 1.82) is 0 Å². The minimum Gasteiger partial charge on any atom is -0.462 e. The van der Waals surface area contributed by atoms with Gasteiger partial charge in [0.1, 0.15) is 5.78 Å². The quantitative estimate of drug-likeness (QED) is 0.674. The Balaban J connectivity index is 0.00000312. The highest BCUT2D eigenvalue weighted by atomic mass is 35.5. The largest absolute Gasteiger partial charge is 0.462 e. The van der Waals surface area contributed by atoms with Crippen LogP contribution in [0.3, 0.4) is 0 Å². The van der Waals surface area contributed by atoms with Crippen LogP contribution in [0.4, 0.5) is 0 Å². The number of likely N-dealkylation sites (tertiary alicyclic amines) is 1. The fraction of sp³-hybridized carbons (Fsp3) is 0.579. The number of benzene rings is 1. The lowest BCUT2D eigenvalue weighted by Crippen LogP contribution is -2.41. The first-order valence-corrected chi connectivity index (χ1v) is 8.84. The standard InChI is InChI=1S/C19H28N2O3.2ClH/c1-2-24-19(23)16-7-3-5-15(13-16)6-4-8-18(22)14-21-11-9-17(20)10-12-21;;/h3,5,7,13,17H,2,4,6,8-12,14,20H2,1H3;2*1H. The molecule has 1 aromatic rings. The molecule has 1 saturated heterocycles. The highest BCUT2D eigenvalue weighted by Crippen LogP contribution is 2.12. The lowest BCUT2D eigenvalue weighted by atomic mass is 10.0. The topological polar surface area (TPSA) is 72.6 Å². The van der Waals surface area contributed by atoms with Crippen molar-refractivity contribution in [2.75, 3.05) is 26.2 Å². The summed E-state index contributed by atoms with van der Waals surface area (Å²) < 4.78 is 5.01. The molecule has 1 aliphatic rings. The third-order valence-electron chi connectivity index (χ3n) is 4.39. The van der Waals surface area contributed by atoms with Gasteiger partial charge in [-0.3, -0.25) is 9.69 Å². The van der Waals surface area contributed by atoms with Crippen molar-refractivity contribution in [3.8, 4) is 0 Å². The summed E-state index contributed by atoms with van der Waals surface area (Å²) in [4.78, 5) is 26.0. The van der Waals surface area contributed by atoms with Crippen molar-refractivity contribution in [3.63, 3.8) is 0 Å². The monoisotopic (exact) mass is 404 g/mol. The molecule has 2 rings (SSSR count). The van der Waals surface area contributed by atoms with Crippen LogP contribution < -0.4 is 5.73 Å². The fourth-order valence-electron chi connectivity index (χ4n) is 3.00. The van der Waals surface area contributed by atoms with Crippen LogP contribution >= 0.6 is 24.8 Å². The zero-order chi connectivity index (χ0) is 17.4. The van der Waals surface area contributed by atoms with Crippen LogP contribution in [0.5, 0.6) is 0 Å². The minimum absolute atomic E-state index is 0.